The van der Waals surface area contributed by atoms with E-state index >= 15 is 0 Å². The van der Waals surface area contributed by atoms with Gasteiger partial charge in [-0.25, -0.2) is 0 Å². The highest BCUT2D eigenvalue weighted by Gasteiger charge is 2.30. The molecule has 1 aromatic rings. The van der Waals surface area contributed by atoms with Gasteiger partial charge in [0.05, 0.1) is 11.3 Å². The lowest BCUT2D eigenvalue weighted by molar-refractivity contribution is -0.137. The first-order valence-electron chi connectivity index (χ1n) is 11.3. The molecule has 0 aromatic heterocycles. The van der Waals surface area contributed by atoms with Crippen LogP contribution in [0.1, 0.15) is 76.1 Å². The van der Waals surface area contributed by atoms with Gasteiger partial charge in [-0.05, 0) is 37.8 Å². The van der Waals surface area contributed by atoms with Gasteiger partial charge in [0, 0.05) is 30.5 Å². The normalized spacial score (nSPS) is 18.7. The van der Waals surface area contributed by atoms with Crippen LogP contribution in [0.15, 0.2) is 24.3 Å². The van der Waals surface area contributed by atoms with Gasteiger partial charge in [0.25, 0.3) is 5.91 Å². The number of hydrogen-bond acceptors (Lipinski definition) is 3. The van der Waals surface area contributed by atoms with Gasteiger partial charge in [0.15, 0.2) is 0 Å². The zero-order valence-electron chi connectivity index (χ0n) is 18.5. The number of rotatable bonds is 4. The Morgan fingerprint density at radius 3 is 2.20 bits per heavy atom. The van der Waals surface area contributed by atoms with Crippen LogP contribution in [0.3, 0.4) is 0 Å². The summed E-state index contributed by atoms with van der Waals surface area (Å²) in [5.74, 6) is 0.187. The third kappa shape index (κ3) is 5.61. The van der Waals surface area contributed by atoms with Crippen LogP contribution in [0.5, 0.6) is 0 Å². The van der Waals surface area contributed by atoms with Crippen molar-refractivity contribution in [1.82, 2.24) is 10.2 Å². The zero-order chi connectivity index (χ0) is 21.7. The third-order valence-electron chi connectivity index (χ3n) is 6.20. The zero-order valence-corrected chi connectivity index (χ0v) is 18.5. The van der Waals surface area contributed by atoms with Crippen molar-refractivity contribution in [3.05, 3.63) is 29.8 Å². The fourth-order valence-corrected chi connectivity index (χ4v) is 4.22. The van der Waals surface area contributed by atoms with E-state index in [0.717, 1.165) is 38.5 Å². The number of hydrogen-bond donors (Lipinski definition) is 2. The molecule has 1 aromatic carbocycles. The average molecular weight is 414 g/mol. The first kappa shape index (κ1) is 22.3. The Bertz CT molecular complexity index is 770. The van der Waals surface area contributed by atoms with E-state index in [-0.39, 0.29) is 23.8 Å². The van der Waals surface area contributed by atoms with E-state index in [1.54, 1.807) is 18.2 Å². The van der Waals surface area contributed by atoms with Crippen molar-refractivity contribution < 1.29 is 14.4 Å². The lowest BCUT2D eigenvalue weighted by Gasteiger charge is -2.35. The molecule has 2 fully saturated rings. The van der Waals surface area contributed by atoms with Gasteiger partial charge in [-0.3, -0.25) is 14.4 Å². The van der Waals surface area contributed by atoms with Crippen molar-refractivity contribution in [2.24, 2.45) is 11.3 Å². The number of piperidine rings is 1. The number of carbonyl (C=O) groups is 3. The molecule has 2 aliphatic rings. The smallest absolute Gasteiger partial charge is 0.253 e. The maximum Gasteiger partial charge on any atom is 0.253 e. The first-order chi connectivity index (χ1) is 14.3. The number of benzene rings is 1. The molecule has 164 valence electrons. The van der Waals surface area contributed by atoms with Crippen molar-refractivity contribution >= 4 is 23.4 Å². The summed E-state index contributed by atoms with van der Waals surface area (Å²) < 4.78 is 0. The fraction of sp³-hybridized carbons (Fsp3) is 0.625. The van der Waals surface area contributed by atoms with Crippen molar-refractivity contribution in [2.45, 2.75) is 71.8 Å². The maximum absolute atomic E-state index is 12.9. The third-order valence-corrected chi connectivity index (χ3v) is 6.20. The van der Waals surface area contributed by atoms with Gasteiger partial charge in [0.2, 0.25) is 11.8 Å². The van der Waals surface area contributed by atoms with Gasteiger partial charge in [0.1, 0.15) is 0 Å². The number of carbonyl (C=O) groups excluding carboxylic acids is 3. The molecule has 1 aliphatic heterocycles. The minimum Gasteiger partial charge on any atom is -0.349 e. The van der Waals surface area contributed by atoms with E-state index in [0.29, 0.717) is 30.2 Å². The lowest BCUT2D eigenvalue weighted by atomic mass is 9.87. The molecule has 0 atom stereocenters. The summed E-state index contributed by atoms with van der Waals surface area (Å²) >= 11 is 0. The molecule has 0 radical (unpaired) electrons. The molecule has 0 spiro atoms. The Balaban J connectivity index is 1.55. The highest BCUT2D eigenvalue weighted by atomic mass is 16.2. The number of para-hydroxylation sites is 1. The molecular formula is C24H35N3O3. The topological polar surface area (TPSA) is 78.5 Å². The van der Waals surface area contributed by atoms with Crippen LogP contribution < -0.4 is 10.6 Å². The predicted molar refractivity (Wildman–Crippen MR) is 118 cm³/mol. The second-order valence-electron chi connectivity index (χ2n) is 9.66. The Morgan fingerprint density at radius 1 is 0.933 bits per heavy atom. The molecule has 30 heavy (non-hydrogen) atoms. The molecule has 3 rings (SSSR count). The molecule has 1 saturated carbocycles. The number of likely N-dealkylation sites (tertiary alicyclic amines) is 1. The summed E-state index contributed by atoms with van der Waals surface area (Å²) in [5, 5.41) is 5.97. The van der Waals surface area contributed by atoms with E-state index in [4.69, 9.17) is 0 Å². The largest absolute Gasteiger partial charge is 0.349 e. The lowest BCUT2D eigenvalue weighted by Crippen LogP contribution is -2.48. The minimum atomic E-state index is -0.540. The van der Waals surface area contributed by atoms with E-state index in [1.165, 1.54) is 6.42 Å². The predicted octanol–water partition coefficient (Wildman–Crippen LogP) is 3.97. The van der Waals surface area contributed by atoms with Gasteiger partial charge in [-0.15, -0.1) is 0 Å². The number of amides is 3. The number of nitrogens with one attached hydrogen (secondary N) is 2. The van der Waals surface area contributed by atoms with Crippen LogP contribution in [-0.2, 0) is 9.59 Å². The highest BCUT2D eigenvalue weighted by molar-refractivity contribution is 6.04. The molecular weight excluding hydrogens is 378 g/mol. The summed E-state index contributed by atoms with van der Waals surface area (Å²) in [6.45, 7) is 6.92. The molecule has 1 heterocycles. The molecule has 0 unspecified atom stereocenters. The fourth-order valence-electron chi connectivity index (χ4n) is 4.22. The second kappa shape index (κ2) is 9.63. The van der Waals surface area contributed by atoms with Crippen molar-refractivity contribution in [2.75, 3.05) is 18.4 Å². The summed E-state index contributed by atoms with van der Waals surface area (Å²) in [4.78, 5) is 39.9. The summed E-state index contributed by atoms with van der Waals surface area (Å²) in [6.07, 6.45) is 7.14. The van der Waals surface area contributed by atoms with Crippen LogP contribution in [0.25, 0.3) is 0 Å². The summed E-state index contributed by atoms with van der Waals surface area (Å²) in [6, 6.07) is 7.14. The Labute approximate surface area is 179 Å². The van der Waals surface area contributed by atoms with Crippen molar-refractivity contribution in [3.8, 4) is 0 Å². The van der Waals surface area contributed by atoms with Crippen LogP contribution >= 0.6 is 0 Å². The van der Waals surface area contributed by atoms with Crippen molar-refractivity contribution in [1.29, 1.82) is 0 Å². The summed E-state index contributed by atoms with van der Waals surface area (Å²) in [7, 11) is 0. The van der Waals surface area contributed by atoms with E-state index in [1.807, 2.05) is 31.7 Å². The van der Waals surface area contributed by atoms with E-state index in [9.17, 15) is 14.4 Å². The minimum absolute atomic E-state index is 0.0410. The molecule has 6 nitrogen and oxygen atoms in total. The van der Waals surface area contributed by atoms with Crippen LogP contribution in [-0.4, -0.2) is 41.8 Å². The Kier molecular flexibility index (Phi) is 7.16. The molecule has 3 amide bonds. The van der Waals surface area contributed by atoms with Gasteiger partial charge < -0.3 is 15.5 Å². The average Bonchev–Trinajstić information content (AvgIpc) is 2.74. The quantitative estimate of drug-likeness (QED) is 0.784. The monoisotopic (exact) mass is 413 g/mol. The molecule has 6 heteroatoms. The maximum atomic E-state index is 12.9. The van der Waals surface area contributed by atoms with E-state index < -0.39 is 5.41 Å². The van der Waals surface area contributed by atoms with Crippen LogP contribution in [0, 0.1) is 11.3 Å². The molecule has 2 N–H and O–H groups in total. The Morgan fingerprint density at radius 2 is 1.57 bits per heavy atom. The van der Waals surface area contributed by atoms with Crippen molar-refractivity contribution in [3.63, 3.8) is 0 Å². The van der Waals surface area contributed by atoms with Crippen LogP contribution in [0.4, 0.5) is 5.69 Å². The Hall–Kier alpha value is -2.37. The first-order valence-corrected chi connectivity index (χ1v) is 11.3. The number of anilines is 1. The molecule has 1 saturated heterocycles. The van der Waals surface area contributed by atoms with E-state index in [2.05, 4.69) is 10.6 Å². The molecule has 1 aliphatic carbocycles. The van der Waals surface area contributed by atoms with Gasteiger partial charge in [-0.2, -0.15) is 0 Å². The standard InChI is InChI=1S/C24H35N3O3/c1-24(2,3)23(30)26-20-12-8-7-11-19(20)21(28)25-18-13-15-27(16-14-18)22(29)17-9-5-4-6-10-17/h7-8,11-12,17-18H,4-6,9-10,13-16H2,1-3H3,(H,25,28)(H,26,30). The van der Waals surface area contributed by atoms with Gasteiger partial charge in [-0.1, -0.05) is 52.2 Å². The number of nitrogens with zero attached hydrogens (tertiary/aromatic N) is 1. The molecule has 0 bridgehead atoms. The van der Waals surface area contributed by atoms with Crippen LogP contribution in [0.2, 0.25) is 0 Å². The summed E-state index contributed by atoms with van der Waals surface area (Å²) in [5.41, 5.74) is 0.456. The van der Waals surface area contributed by atoms with Gasteiger partial charge >= 0.3 is 0 Å². The second-order valence-corrected chi connectivity index (χ2v) is 9.66. The SMILES string of the molecule is CC(C)(C)C(=O)Nc1ccccc1C(=O)NC1CCN(C(=O)C2CCCCC2)CC1. The highest BCUT2D eigenvalue weighted by Crippen LogP contribution is 2.27.